The molecule has 0 N–H and O–H groups in total. The lowest BCUT2D eigenvalue weighted by Gasteiger charge is -2.39. The Morgan fingerprint density at radius 2 is 2.14 bits per heavy atom. The minimum atomic E-state index is -1.22. The summed E-state index contributed by atoms with van der Waals surface area (Å²) < 4.78 is 15.5. The van der Waals surface area contributed by atoms with Crippen LogP contribution in [0.25, 0.3) is 0 Å². The second-order valence-corrected chi connectivity index (χ2v) is 4.84. The predicted molar refractivity (Wildman–Crippen MR) is 59.3 cm³/mol. The van der Waals surface area contributed by atoms with Gasteiger partial charge in [-0.15, -0.1) is 0 Å². The number of hydrogen-bond acceptors (Lipinski definition) is 4. The molecule has 14 heavy (non-hydrogen) atoms. The summed E-state index contributed by atoms with van der Waals surface area (Å²) in [5, 5.41) is 0. The molecule has 0 aromatic carbocycles. The zero-order valence-corrected chi connectivity index (χ0v) is 10.7. The van der Waals surface area contributed by atoms with Crippen molar-refractivity contribution in [3.8, 4) is 0 Å². The third-order valence-electron chi connectivity index (χ3n) is 2.39. The lowest BCUT2D eigenvalue weighted by atomic mass is 10.0. The van der Waals surface area contributed by atoms with Gasteiger partial charge >= 0.3 is 5.97 Å². The fourth-order valence-corrected chi connectivity index (χ4v) is 2.60. The van der Waals surface area contributed by atoms with Gasteiger partial charge in [0.2, 0.25) is 0 Å². The van der Waals surface area contributed by atoms with Gasteiger partial charge < -0.3 is 14.2 Å². The largest absolute Gasteiger partial charge is 0.465 e. The van der Waals surface area contributed by atoms with Crippen LogP contribution in [0, 0.1) is 0 Å². The van der Waals surface area contributed by atoms with Crippen molar-refractivity contribution < 1.29 is 19.0 Å². The van der Waals surface area contributed by atoms with E-state index >= 15 is 0 Å². The quantitative estimate of drug-likeness (QED) is 0.440. The maximum absolute atomic E-state index is 11.6. The van der Waals surface area contributed by atoms with Crippen molar-refractivity contribution in [2.45, 2.75) is 35.6 Å². The molecule has 0 bridgehead atoms. The Bertz CT molecular complexity index is 221. The topological polar surface area (TPSA) is 44.8 Å². The highest BCUT2D eigenvalue weighted by molar-refractivity contribution is 14.1. The van der Waals surface area contributed by atoms with Crippen molar-refractivity contribution in [2.75, 3.05) is 14.2 Å². The third kappa shape index (κ3) is 2.04. The number of halogens is 1. The van der Waals surface area contributed by atoms with E-state index in [0.717, 1.165) is 12.8 Å². The highest BCUT2D eigenvalue weighted by Crippen LogP contribution is 2.35. The third-order valence-corrected chi connectivity index (χ3v) is 3.83. The molecule has 5 heteroatoms. The van der Waals surface area contributed by atoms with E-state index in [0.29, 0.717) is 0 Å². The fraction of sp³-hybridized carbons (Fsp3) is 0.889. The summed E-state index contributed by atoms with van der Waals surface area (Å²) in [6.45, 7) is 1.93. The summed E-state index contributed by atoms with van der Waals surface area (Å²) in [5.74, 6) is -1.67. The summed E-state index contributed by atoms with van der Waals surface area (Å²) in [6.07, 6.45) is 1.86. The zero-order chi connectivity index (χ0) is 10.8. The average molecular weight is 314 g/mol. The van der Waals surface area contributed by atoms with Gasteiger partial charge in [0.25, 0.3) is 5.79 Å². The number of alkyl halides is 1. The van der Waals surface area contributed by atoms with Crippen LogP contribution in [0.15, 0.2) is 0 Å². The van der Waals surface area contributed by atoms with Gasteiger partial charge in [-0.3, -0.25) is 0 Å². The van der Waals surface area contributed by atoms with Gasteiger partial charge in [0.05, 0.1) is 17.1 Å². The number of carbonyl (C=O) groups is 1. The van der Waals surface area contributed by atoms with E-state index in [1.54, 1.807) is 0 Å². The molecule has 1 heterocycles. The van der Waals surface area contributed by atoms with E-state index in [1.165, 1.54) is 14.2 Å². The average Bonchev–Trinajstić information content (AvgIpc) is 2.20. The Kier molecular flexibility index (Phi) is 4.15. The van der Waals surface area contributed by atoms with Gasteiger partial charge in [0, 0.05) is 7.11 Å². The van der Waals surface area contributed by atoms with Gasteiger partial charge in [0.1, 0.15) is 0 Å². The smallest absolute Gasteiger partial charge is 0.367 e. The summed E-state index contributed by atoms with van der Waals surface area (Å²) in [4.78, 5) is 11.6. The van der Waals surface area contributed by atoms with Crippen LogP contribution >= 0.6 is 22.6 Å². The molecule has 0 spiro atoms. The molecule has 1 fully saturated rings. The lowest BCUT2D eigenvalue weighted by molar-refractivity contribution is -0.260. The van der Waals surface area contributed by atoms with Crippen LogP contribution in [0.1, 0.15) is 19.8 Å². The standard InChI is InChI=1S/C9H15IO4/c1-6-4-5-7(10)9(13-3,14-6)8(11)12-2/h6-7H,4-5H2,1-3H3/t6-,7-,9+/m0/s1. The highest BCUT2D eigenvalue weighted by Gasteiger charge is 2.51. The van der Waals surface area contributed by atoms with E-state index in [4.69, 9.17) is 14.2 Å². The van der Waals surface area contributed by atoms with Crippen molar-refractivity contribution in [2.24, 2.45) is 0 Å². The molecule has 0 unspecified atom stereocenters. The first-order valence-corrected chi connectivity index (χ1v) is 5.77. The molecule has 1 aliphatic rings. The molecule has 0 aromatic rings. The molecular weight excluding hydrogens is 299 g/mol. The second-order valence-electron chi connectivity index (χ2n) is 3.34. The number of esters is 1. The molecule has 0 aliphatic carbocycles. The van der Waals surface area contributed by atoms with Crippen LogP contribution in [0.4, 0.5) is 0 Å². The van der Waals surface area contributed by atoms with E-state index < -0.39 is 11.8 Å². The minimum Gasteiger partial charge on any atom is -0.465 e. The Balaban J connectivity index is 2.88. The first-order valence-electron chi connectivity index (χ1n) is 4.52. The fourth-order valence-electron chi connectivity index (χ4n) is 1.58. The predicted octanol–water partition coefficient (Wildman–Crippen LogP) is 1.50. The van der Waals surface area contributed by atoms with Gasteiger partial charge in [-0.1, -0.05) is 22.6 Å². The molecule has 82 valence electrons. The SMILES string of the molecule is COC(=O)[C@]1(OC)O[C@@H](C)CC[C@@H]1I. The molecule has 1 rings (SSSR count). The van der Waals surface area contributed by atoms with Crippen LogP contribution < -0.4 is 0 Å². The molecular formula is C9H15IO4. The summed E-state index contributed by atoms with van der Waals surface area (Å²) in [6, 6.07) is 0. The first-order chi connectivity index (χ1) is 6.56. The molecule has 4 nitrogen and oxygen atoms in total. The number of ether oxygens (including phenoxy) is 3. The summed E-state index contributed by atoms with van der Waals surface area (Å²) >= 11 is 2.17. The molecule has 0 amide bonds. The monoisotopic (exact) mass is 314 g/mol. The van der Waals surface area contributed by atoms with Gasteiger partial charge in [0.15, 0.2) is 0 Å². The molecule has 0 radical (unpaired) electrons. The Morgan fingerprint density at radius 3 is 2.64 bits per heavy atom. The number of carbonyl (C=O) groups excluding carboxylic acids is 1. The van der Waals surface area contributed by atoms with E-state index in [-0.39, 0.29) is 10.0 Å². The lowest BCUT2D eigenvalue weighted by Crippen LogP contribution is -2.55. The van der Waals surface area contributed by atoms with Gasteiger partial charge in [-0.05, 0) is 19.8 Å². The Hall–Kier alpha value is 0.120. The summed E-state index contributed by atoms with van der Waals surface area (Å²) in [5.41, 5.74) is 0. The van der Waals surface area contributed by atoms with Crippen molar-refractivity contribution in [1.82, 2.24) is 0 Å². The van der Waals surface area contributed by atoms with Crippen molar-refractivity contribution >= 4 is 28.6 Å². The van der Waals surface area contributed by atoms with Gasteiger partial charge in [-0.25, -0.2) is 4.79 Å². The second kappa shape index (κ2) is 4.76. The van der Waals surface area contributed by atoms with Crippen LogP contribution in [0.2, 0.25) is 0 Å². The summed E-state index contributed by atoms with van der Waals surface area (Å²) in [7, 11) is 2.82. The molecule has 1 aliphatic heterocycles. The highest BCUT2D eigenvalue weighted by atomic mass is 127. The van der Waals surface area contributed by atoms with E-state index in [9.17, 15) is 4.79 Å². The zero-order valence-electron chi connectivity index (χ0n) is 8.58. The maximum Gasteiger partial charge on any atom is 0.367 e. The Morgan fingerprint density at radius 1 is 1.50 bits per heavy atom. The minimum absolute atomic E-state index is 0.00579. The maximum atomic E-state index is 11.6. The van der Waals surface area contributed by atoms with Crippen LogP contribution in [-0.4, -0.2) is 36.0 Å². The number of methoxy groups -OCH3 is 2. The van der Waals surface area contributed by atoms with Gasteiger partial charge in [-0.2, -0.15) is 0 Å². The van der Waals surface area contributed by atoms with Crippen molar-refractivity contribution in [1.29, 1.82) is 0 Å². The molecule has 1 saturated heterocycles. The number of hydrogen-bond donors (Lipinski definition) is 0. The van der Waals surface area contributed by atoms with Crippen LogP contribution in [-0.2, 0) is 19.0 Å². The first kappa shape index (κ1) is 12.2. The number of rotatable bonds is 2. The van der Waals surface area contributed by atoms with Crippen LogP contribution in [0.3, 0.4) is 0 Å². The van der Waals surface area contributed by atoms with Crippen molar-refractivity contribution in [3.05, 3.63) is 0 Å². The molecule has 0 saturated carbocycles. The molecule has 3 atom stereocenters. The Labute approximate surface area is 97.4 Å². The van der Waals surface area contributed by atoms with Crippen molar-refractivity contribution in [3.63, 3.8) is 0 Å². The van der Waals surface area contributed by atoms with Crippen LogP contribution in [0.5, 0.6) is 0 Å². The van der Waals surface area contributed by atoms with E-state index in [2.05, 4.69) is 22.6 Å². The molecule has 0 aromatic heterocycles. The normalized spacial score (nSPS) is 38.0. The van der Waals surface area contributed by atoms with E-state index in [1.807, 2.05) is 6.92 Å².